The number of aliphatic carboxylic acids is 1. The van der Waals surface area contributed by atoms with E-state index in [1.54, 1.807) is 11.8 Å². The van der Waals surface area contributed by atoms with Crippen molar-refractivity contribution in [3.63, 3.8) is 0 Å². The van der Waals surface area contributed by atoms with Crippen molar-refractivity contribution in [2.45, 2.75) is 33.2 Å². The highest BCUT2D eigenvalue weighted by Gasteiger charge is 2.37. The molecule has 2 N–H and O–H groups in total. The van der Waals surface area contributed by atoms with Crippen molar-refractivity contribution in [1.82, 2.24) is 15.1 Å². The summed E-state index contributed by atoms with van der Waals surface area (Å²) in [7, 11) is 0. The van der Waals surface area contributed by atoms with E-state index in [9.17, 15) is 9.59 Å². The monoisotopic (exact) mass is 297 g/mol. The molecule has 2 aliphatic heterocycles. The van der Waals surface area contributed by atoms with Crippen LogP contribution in [0, 0.1) is 17.8 Å². The van der Waals surface area contributed by atoms with E-state index in [2.05, 4.69) is 24.1 Å². The third-order valence-corrected chi connectivity index (χ3v) is 4.88. The lowest BCUT2D eigenvalue weighted by Crippen LogP contribution is -2.56. The fraction of sp³-hybridized carbons (Fsp3) is 0.867. The molecule has 0 spiro atoms. The number of hydrogen-bond donors (Lipinski definition) is 2. The number of rotatable bonds is 5. The van der Waals surface area contributed by atoms with Gasteiger partial charge in [-0.15, -0.1) is 0 Å². The van der Waals surface area contributed by atoms with E-state index in [0.717, 1.165) is 26.1 Å². The molecule has 2 saturated heterocycles. The second kappa shape index (κ2) is 6.64. The molecule has 0 aliphatic carbocycles. The molecule has 0 saturated carbocycles. The Morgan fingerprint density at radius 2 is 1.90 bits per heavy atom. The largest absolute Gasteiger partial charge is 0.481 e. The summed E-state index contributed by atoms with van der Waals surface area (Å²) in [5.74, 6) is -0.522. The highest BCUT2D eigenvalue weighted by molar-refractivity contribution is 5.76. The van der Waals surface area contributed by atoms with Gasteiger partial charge in [0.05, 0.1) is 5.92 Å². The average molecular weight is 297 g/mol. The molecule has 0 aromatic rings. The smallest absolute Gasteiger partial charge is 0.317 e. The van der Waals surface area contributed by atoms with Gasteiger partial charge in [-0.3, -0.25) is 4.79 Å². The molecule has 6 heteroatoms. The van der Waals surface area contributed by atoms with Gasteiger partial charge in [0, 0.05) is 38.1 Å². The second-order valence-electron chi connectivity index (χ2n) is 6.72. The number of nitrogens with zero attached hydrogens (tertiary/aromatic N) is 2. The molecule has 2 fully saturated rings. The number of urea groups is 1. The number of carbonyl (C=O) groups is 2. The Morgan fingerprint density at radius 1 is 1.24 bits per heavy atom. The fourth-order valence-corrected chi connectivity index (χ4v) is 3.04. The van der Waals surface area contributed by atoms with Gasteiger partial charge in [-0.25, -0.2) is 4.79 Å². The first-order valence-electron chi connectivity index (χ1n) is 7.88. The van der Waals surface area contributed by atoms with Crippen molar-refractivity contribution in [2.24, 2.45) is 17.8 Å². The zero-order valence-electron chi connectivity index (χ0n) is 13.2. The number of nitrogens with one attached hydrogen (secondary N) is 1. The van der Waals surface area contributed by atoms with Gasteiger partial charge < -0.3 is 20.2 Å². The quantitative estimate of drug-likeness (QED) is 0.796. The average Bonchev–Trinajstić information content (AvgIpc) is 2.83. The van der Waals surface area contributed by atoms with E-state index in [1.807, 2.05) is 0 Å². The molecule has 2 amide bonds. The normalized spacial score (nSPS) is 25.0. The molecule has 2 unspecified atom stereocenters. The minimum Gasteiger partial charge on any atom is -0.481 e. The van der Waals surface area contributed by atoms with Crippen molar-refractivity contribution in [2.75, 3.05) is 32.7 Å². The highest BCUT2D eigenvalue weighted by Crippen LogP contribution is 2.24. The van der Waals surface area contributed by atoms with Gasteiger partial charge in [0.15, 0.2) is 0 Å². The Labute approximate surface area is 126 Å². The van der Waals surface area contributed by atoms with Crippen LogP contribution in [-0.2, 0) is 4.79 Å². The molecule has 2 aliphatic rings. The van der Waals surface area contributed by atoms with Crippen LogP contribution in [-0.4, -0.2) is 65.7 Å². The van der Waals surface area contributed by atoms with Crippen LogP contribution in [0.2, 0.25) is 0 Å². The summed E-state index contributed by atoms with van der Waals surface area (Å²) in [4.78, 5) is 27.0. The van der Waals surface area contributed by atoms with Gasteiger partial charge in [0.25, 0.3) is 0 Å². The van der Waals surface area contributed by atoms with Crippen molar-refractivity contribution in [1.29, 1.82) is 0 Å². The van der Waals surface area contributed by atoms with E-state index in [0.29, 0.717) is 25.0 Å². The van der Waals surface area contributed by atoms with Crippen LogP contribution < -0.4 is 5.32 Å². The van der Waals surface area contributed by atoms with E-state index in [4.69, 9.17) is 5.11 Å². The summed E-state index contributed by atoms with van der Waals surface area (Å²) >= 11 is 0. The molecule has 0 aromatic heterocycles. The maximum atomic E-state index is 12.0. The predicted molar refractivity (Wildman–Crippen MR) is 80.1 cm³/mol. The summed E-state index contributed by atoms with van der Waals surface area (Å²) in [6, 6.07) is 0.520. The van der Waals surface area contributed by atoms with Crippen molar-refractivity contribution >= 4 is 12.0 Å². The van der Waals surface area contributed by atoms with E-state index >= 15 is 0 Å². The van der Waals surface area contributed by atoms with E-state index in [-0.39, 0.29) is 17.9 Å². The molecule has 6 nitrogen and oxygen atoms in total. The summed E-state index contributed by atoms with van der Waals surface area (Å²) in [6.07, 6.45) is 1.14. The maximum absolute atomic E-state index is 12.0. The third-order valence-electron chi connectivity index (χ3n) is 4.88. The van der Waals surface area contributed by atoms with Crippen LogP contribution in [0.3, 0.4) is 0 Å². The molecule has 2 heterocycles. The van der Waals surface area contributed by atoms with E-state index < -0.39 is 5.97 Å². The van der Waals surface area contributed by atoms with Crippen LogP contribution in [0.4, 0.5) is 4.79 Å². The SMILES string of the molecule is CC(C(=O)O)C1CN(C(=O)NCC2CCN(C(C)C)C2)C1. The molecule has 0 aromatic carbocycles. The lowest BCUT2D eigenvalue weighted by molar-refractivity contribution is -0.144. The van der Waals surface area contributed by atoms with Crippen LogP contribution >= 0.6 is 0 Å². The first-order valence-corrected chi connectivity index (χ1v) is 7.88. The molecule has 2 atom stereocenters. The summed E-state index contributed by atoms with van der Waals surface area (Å²) in [5.41, 5.74) is 0. The van der Waals surface area contributed by atoms with Crippen LogP contribution in [0.25, 0.3) is 0 Å². The summed E-state index contributed by atoms with van der Waals surface area (Å²) in [6.45, 7) is 10.1. The lowest BCUT2D eigenvalue weighted by atomic mass is 9.87. The van der Waals surface area contributed by atoms with Gasteiger partial charge in [-0.1, -0.05) is 6.92 Å². The number of hydrogen-bond acceptors (Lipinski definition) is 3. The Balaban J connectivity index is 1.65. The van der Waals surface area contributed by atoms with Crippen LogP contribution in [0.5, 0.6) is 0 Å². The maximum Gasteiger partial charge on any atom is 0.317 e. The van der Waals surface area contributed by atoms with Crippen LogP contribution in [0.15, 0.2) is 0 Å². The number of carboxylic acids is 1. The molecule has 2 rings (SSSR count). The van der Waals surface area contributed by atoms with Crippen molar-refractivity contribution in [3.8, 4) is 0 Å². The van der Waals surface area contributed by atoms with Crippen molar-refractivity contribution in [3.05, 3.63) is 0 Å². The van der Waals surface area contributed by atoms with E-state index in [1.165, 1.54) is 0 Å². The Hall–Kier alpha value is -1.30. The summed E-state index contributed by atoms with van der Waals surface area (Å²) in [5, 5.41) is 11.9. The Kier molecular flexibility index (Phi) is 5.08. The molecular formula is C15H27N3O3. The van der Waals surface area contributed by atoms with Crippen LogP contribution in [0.1, 0.15) is 27.2 Å². The predicted octanol–water partition coefficient (Wildman–Crippen LogP) is 1.08. The topological polar surface area (TPSA) is 72.9 Å². The molecular weight excluding hydrogens is 270 g/mol. The fourth-order valence-electron chi connectivity index (χ4n) is 3.04. The standard InChI is InChI=1S/C15H27N3O3/c1-10(2)17-5-4-12(7-17)6-16-15(21)18-8-13(9-18)11(3)14(19)20/h10-13H,4-9H2,1-3H3,(H,16,21)(H,19,20). The molecule has 21 heavy (non-hydrogen) atoms. The number of carbonyl (C=O) groups excluding carboxylic acids is 1. The number of amides is 2. The minimum atomic E-state index is -0.778. The van der Waals surface area contributed by atoms with Gasteiger partial charge in [0.2, 0.25) is 0 Å². The number of carboxylic acid groups (broad SMARTS) is 1. The summed E-state index contributed by atoms with van der Waals surface area (Å²) < 4.78 is 0. The van der Waals surface area contributed by atoms with Crippen molar-refractivity contribution < 1.29 is 14.7 Å². The molecule has 0 radical (unpaired) electrons. The molecule has 120 valence electrons. The molecule has 0 bridgehead atoms. The Morgan fingerprint density at radius 3 is 2.43 bits per heavy atom. The first kappa shape index (κ1) is 16.1. The first-order chi connectivity index (χ1) is 9.88. The zero-order valence-corrected chi connectivity index (χ0v) is 13.2. The third kappa shape index (κ3) is 3.87. The Bertz CT molecular complexity index is 394. The minimum absolute atomic E-state index is 0.0492. The van der Waals surface area contributed by atoms with Gasteiger partial charge >= 0.3 is 12.0 Å². The highest BCUT2D eigenvalue weighted by atomic mass is 16.4. The lowest BCUT2D eigenvalue weighted by Gasteiger charge is -2.41. The zero-order chi connectivity index (χ0) is 15.6. The number of likely N-dealkylation sites (tertiary alicyclic amines) is 2. The van der Waals surface area contributed by atoms with Gasteiger partial charge in [-0.05, 0) is 32.7 Å². The van der Waals surface area contributed by atoms with Gasteiger partial charge in [-0.2, -0.15) is 0 Å². The van der Waals surface area contributed by atoms with Gasteiger partial charge in [0.1, 0.15) is 0 Å². The second-order valence-corrected chi connectivity index (χ2v) is 6.72.